The van der Waals surface area contributed by atoms with Gasteiger partial charge in [0.05, 0.1) is 11.5 Å². The highest BCUT2D eigenvalue weighted by molar-refractivity contribution is 5.97. The zero-order valence-electron chi connectivity index (χ0n) is 15.0. The summed E-state index contributed by atoms with van der Waals surface area (Å²) in [7, 11) is 0. The number of amides is 3. The Hall–Kier alpha value is -2.31. The highest BCUT2D eigenvalue weighted by Gasteiger charge is 2.55. The highest BCUT2D eigenvalue weighted by Crippen LogP contribution is 2.53. The monoisotopic (exact) mass is 346 g/mol. The van der Waals surface area contributed by atoms with Crippen LogP contribution < -0.4 is 11.1 Å². The lowest BCUT2D eigenvalue weighted by molar-refractivity contribution is -0.137. The van der Waals surface area contributed by atoms with Crippen molar-refractivity contribution in [2.75, 3.05) is 13.1 Å². The minimum atomic E-state index is -0.603. The number of nitrogens with two attached hydrogens (primary N) is 1. The predicted octanol–water partition coefficient (Wildman–Crippen LogP) is 1.13. The van der Waals surface area contributed by atoms with E-state index < -0.39 is 5.91 Å². The number of aromatic amines is 1. The molecule has 136 valence electrons. The number of likely N-dealkylation sites (tertiary alicyclic amines) is 1. The molecule has 0 spiro atoms. The number of nitrogens with one attached hydrogen (secondary N) is 2. The predicted molar refractivity (Wildman–Crippen MR) is 92.8 cm³/mol. The molecule has 3 rings (SSSR count). The number of carbonyl (C=O) groups is 3. The van der Waals surface area contributed by atoms with E-state index in [2.05, 4.69) is 24.1 Å². The second kappa shape index (κ2) is 6.20. The number of hydrogen-bond acceptors (Lipinski definition) is 3. The van der Waals surface area contributed by atoms with Crippen LogP contribution in [-0.4, -0.2) is 46.7 Å². The molecule has 1 aromatic rings. The molecular weight excluding hydrogens is 320 g/mol. The number of hydrogen-bond donors (Lipinski definition) is 3. The van der Waals surface area contributed by atoms with E-state index in [1.807, 2.05) is 11.8 Å². The van der Waals surface area contributed by atoms with Gasteiger partial charge in [-0.05, 0) is 36.8 Å². The van der Waals surface area contributed by atoms with E-state index in [1.54, 1.807) is 0 Å². The molecule has 2 atom stereocenters. The number of nitrogens with zero attached hydrogens (tertiary/aromatic N) is 1. The van der Waals surface area contributed by atoms with E-state index in [9.17, 15) is 14.4 Å². The Balaban J connectivity index is 1.63. The molecule has 1 saturated carbocycles. The van der Waals surface area contributed by atoms with Gasteiger partial charge in [0.15, 0.2) is 0 Å². The molecule has 2 fully saturated rings. The summed E-state index contributed by atoms with van der Waals surface area (Å²) >= 11 is 0. The fourth-order valence-corrected chi connectivity index (χ4v) is 3.73. The summed E-state index contributed by atoms with van der Waals surface area (Å²) in [6.07, 6.45) is 1.92. The average Bonchev–Trinajstić information content (AvgIpc) is 3.07. The smallest absolute Gasteiger partial charge is 0.267 e. The summed E-state index contributed by atoms with van der Waals surface area (Å²) in [5.74, 6) is -0.143. The lowest BCUT2D eigenvalue weighted by Gasteiger charge is -2.26. The van der Waals surface area contributed by atoms with Crippen molar-refractivity contribution in [3.05, 3.63) is 23.5 Å². The van der Waals surface area contributed by atoms with E-state index in [1.165, 1.54) is 12.1 Å². The van der Waals surface area contributed by atoms with Gasteiger partial charge in [-0.15, -0.1) is 0 Å². The Morgan fingerprint density at radius 1 is 1.24 bits per heavy atom. The van der Waals surface area contributed by atoms with E-state index in [0.29, 0.717) is 24.7 Å². The third-order valence-corrected chi connectivity index (χ3v) is 5.73. The molecule has 2 heterocycles. The number of rotatable bonds is 5. The van der Waals surface area contributed by atoms with Crippen molar-refractivity contribution in [2.24, 2.45) is 23.0 Å². The Morgan fingerprint density at radius 3 is 2.40 bits per heavy atom. The van der Waals surface area contributed by atoms with Gasteiger partial charge in [0.1, 0.15) is 11.4 Å². The van der Waals surface area contributed by atoms with Crippen molar-refractivity contribution in [3.63, 3.8) is 0 Å². The van der Waals surface area contributed by atoms with Crippen LogP contribution in [0.25, 0.3) is 0 Å². The van der Waals surface area contributed by atoms with Crippen LogP contribution in [0.4, 0.5) is 0 Å². The summed E-state index contributed by atoms with van der Waals surface area (Å²) in [5.41, 5.74) is 5.50. The fraction of sp³-hybridized carbons (Fsp3) is 0.611. The Bertz CT molecular complexity index is 705. The maximum absolute atomic E-state index is 12.9. The lowest BCUT2D eigenvalue weighted by Crippen LogP contribution is -2.42. The maximum atomic E-state index is 12.9. The number of primary amides is 1. The molecule has 1 aliphatic carbocycles. The Labute approximate surface area is 147 Å². The molecule has 0 radical (unpaired) electrons. The van der Waals surface area contributed by atoms with Gasteiger partial charge >= 0.3 is 0 Å². The Morgan fingerprint density at radius 2 is 1.88 bits per heavy atom. The zero-order chi connectivity index (χ0) is 18.4. The van der Waals surface area contributed by atoms with Gasteiger partial charge in [0, 0.05) is 13.1 Å². The first-order valence-corrected chi connectivity index (χ1v) is 8.83. The van der Waals surface area contributed by atoms with Crippen molar-refractivity contribution in [2.45, 2.75) is 39.7 Å². The highest BCUT2D eigenvalue weighted by atomic mass is 16.2. The summed E-state index contributed by atoms with van der Waals surface area (Å²) in [6, 6.07) is 2.93. The minimum absolute atomic E-state index is 0.0975. The van der Waals surface area contributed by atoms with E-state index >= 15 is 0 Å². The van der Waals surface area contributed by atoms with E-state index in [-0.39, 0.29) is 34.9 Å². The van der Waals surface area contributed by atoms with Crippen molar-refractivity contribution in [1.29, 1.82) is 0 Å². The second-order valence-corrected chi connectivity index (χ2v) is 7.73. The first kappa shape index (κ1) is 17.5. The third kappa shape index (κ3) is 3.15. The molecule has 2 aliphatic rings. The quantitative estimate of drug-likeness (QED) is 0.743. The van der Waals surface area contributed by atoms with Crippen LogP contribution in [0.5, 0.6) is 0 Å². The van der Waals surface area contributed by atoms with Crippen molar-refractivity contribution in [3.8, 4) is 0 Å². The molecule has 0 aromatic carbocycles. The van der Waals surface area contributed by atoms with Gasteiger partial charge in [-0.1, -0.05) is 20.8 Å². The van der Waals surface area contributed by atoms with Gasteiger partial charge in [0.2, 0.25) is 5.91 Å². The van der Waals surface area contributed by atoms with Gasteiger partial charge in [-0.2, -0.15) is 0 Å². The number of H-pyrrole nitrogens is 1. The van der Waals surface area contributed by atoms with Crippen LogP contribution in [0.15, 0.2) is 12.1 Å². The molecule has 1 saturated heterocycles. The molecular formula is C18H26N4O3. The van der Waals surface area contributed by atoms with E-state index in [0.717, 1.165) is 12.8 Å². The van der Waals surface area contributed by atoms with Crippen molar-refractivity contribution >= 4 is 17.7 Å². The molecule has 0 unspecified atom stereocenters. The van der Waals surface area contributed by atoms with Crippen LogP contribution >= 0.6 is 0 Å². The summed E-state index contributed by atoms with van der Waals surface area (Å²) in [5, 5.41) is 2.97. The fourth-order valence-electron chi connectivity index (χ4n) is 3.73. The molecule has 7 heteroatoms. The normalized spacial score (nSPS) is 24.4. The lowest BCUT2D eigenvalue weighted by atomic mass is 9.91. The van der Waals surface area contributed by atoms with Gasteiger partial charge in [-0.25, -0.2) is 0 Å². The number of aromatic nitrogens is 1. The molecule has 3 amide bonds. The molecule has 7 nitrogen and oxygen atoms in total. The molecule has 0 bridgehead atoms. The summed E-state index contributed by atoms with van der Waals surface area (Å²) in [6.45, 7) is 7.44. The van der Waals surface area contributed by atoms with Gasteiger partial charge in [-0.3, -0.25) is 14.4 Å². The third-order valence-electron chi connectivity index (χ3n) is 5.73. The zero-order valence-corrected chi connectivity index (χ0v) is 15.0. The average molecular weight is 346 g/mol. The van der Waals surface area contributed by atoms with Crippen molar-refractivity contribution in [1.82, 2.24) is 15.2 Å². The van der Waals surface area contributed by atoms with E-state index in [4.69, 9.17) is 5.73 Å². The standard InChI is InChI=1S/C18H26N4O3/c1-10(2)18(6-7-18)17(25)22-8-11(3)14(9-22)21-16(24)13-5-4-12(20-13)15(19)23/h4-5,10-11,14,20H,6-9H2,1-3H3,(H2,19,23)(H,21,24)/t11-,14+/m0/s1. The summed E-state index contributed by atoms with van der Waals surface area (Å²) < 4.78 is 0. The van der Waals surface area contributed by atoms with Crippen LogP contribution in [0.3, 0.4) is 0 Å². The van der Waals surface area contributed by atoms with Crippen LogP contribution in [0.2, 0.25) is 0 Å². The SMILES string of the molecule is CC(C)C1(C(=O)N2C[C@H](C)[C@H](NC(=O)c3ccc(C(N)=O)[nH]3)C2)CC1. The summed E-state index contributed by atoms with van der Waals surface area (Å²) in [4.78, 5) is 41.0. The van der Waals surface area contributed by atoms with Crippen LogP contribution in [0, 0.1) is 17.3 Å². The largest absolute Gasteiger partial charge is 0.364 e. The van der Waals surface area contributed by atoms with Gasteiger partial charge in [0.25, 0.3) is 11.8 Å². The molecule has 1 aromatic heterocycles. The second-order valence-electron chi connectivity index (χ2n) is 7.73. The molecule has 1 aliphatic heterocycles. The Kier molecular flexibility index (Phi) is 4.34. The van der Waals surface area contributed by atoms with Crippen molar-refractivity contribution < 1.29 is 14.4 Å². The maximum Gasteiger partial charge on any atom is 0.267 e. The number of carbonyl (C=O) groups excluding carboxylic acids is 3. The first-order valence-electron chi connectivity index (χ1n) is 8.83. The topological polar surface area (TPSA) is 108 Å². The molecule has 4 N–H and O–H groups in total. The van der Waals surface area contributed by atoms with Crippen LogP contribution in [0.1, 0.15) is 54.6 Å². The molecule has 25 heavy (non-hydrogen) atoms. The first-order chi connectivity index (χ1) is 11.7. The minimum Gasteiger partial charge on any atom is -0.364 e. The van der Waals surface area contributed by atoms with Gasteiger partial charge < -0.3 is 20.9 Å². The van der Waals surface area contributed by atoms with Crippen LogP contribution in [-0.2, 0) is 4.79 Å².